The lowest BCUT2D eigenvalue weighted by molar-refractivity contribution is -0.385. The van der Waals surface area contributed by atoms with Gasteiger partial charge in [0.05, 0.1) is 18.1 Å². The molecule has 1 aromatic heterocycles. The van der Waals surface area contributed by atoms with E-state index in [2.05, 4.69) is 0 Å². The Morgan fingerprint density at radius 1 is 1.19 bits per heavy atom. The van der Waals surface area contributed by atoms with Crippen molar-refractivity contribution in [2.75, 3.05) is 26.8 Å². The Kier molecular flexibility index (Phi) is 8.32. The second-order valence-corrected chi connectivity index (χ2v) is 7.61. The van der Waals surface area contributed by atoms with Gasteiger partial charge in [-0.2, -0.15) is 0 Å². The number of hydrogen-bond donors (Lipinski definition) is 0. The number of carbonyl (C=O) groups is 2. The van der Waals surface area contributed by atoms with Gasteiger partial charge >= 0.3 is 0 Å². The van der Waals surface area contributed by atoms with E-state index in [9.17, 15) is 19.7 Å². The predicted octanol–water partition coefficient (Wildman–Crippen LogP) is 3.33. The Morgan fingerprint density at radius 3 is 2.45 bits per heavy atom. The third kappa shape index (κ3) is 6.39. The average Bonchev–Trinajstić information content (AvgIpc) is 3.13. The summed E-state index contributed by atoms with van der Waals surface area (Å²) < 4.78 is 10.7. The number of amides is 2. The van der Waals surface area contributed by atoms with Crippen LogP contribution in [0.4, 0.5) is 5.69 Å². The van der Waals surface area contributed by atoms with Crippen molar-refractivity contribution in [3.05, 3.63) is 63.1 Å². The second-order valence-electron chi connectivity index (χ2n) is 7.61. The Bertz CT molecular complexity index is 937. The average molecular weight is 431 g/mol. The first-order valence-electron chi connectivity index (χ1n) is 10.0. The molecule has 0 aliphatic rings. The van der Waals surface area contributed by atoms with E-state index < -0.39 is 10.8 Å². The Morgan fingerprint density at radius 2 is 1.90 bits per heavy atom. The highest BCUT2D eigenvalue weighted by molar-refractivity contribution is 5.97. The van der Waals surface area contributed by atoms with E-state index in [1.165, 1.54) is 17.0 Å². The number of rotatable bonds is 10. The van der Waals surface area contributed by atoms with Crippen LogP contribution in [0.15, 0.2) is 34.7 Å². The number of nitro groups is 1. The molecule has 168 valence electrons. The highest BCUT2D eigenvalue weighted by Crippen LogP contribution is 2.21. The van der Waals surface area contributed by atoms with Gasteiger partial charge in [-0.15, -0.1) is 0 Å². The zero-order chi connectivity index (χ0) is 23.1. The number of methoxy groups -OCH3 is 1. The van der Waals surface area contributed by atoms with E-state index in [1.807, 2.05) is 13.0 Å². The second kappa shape index (κ2) is 10.7. The fourth-order valence-corrected chi connectivity index (χ4v) is 3.09. The number of benzene rings is 1. The Balaban J connectivity index is 2.22. The van der Waals surface area contributed by atoms with Gasteiger partial charge in [0.25, 0.3) is 11.6 Å². The summed E-state index contributed by atoms with van der Waals surface area (Å²) in [7, 11) is 1.55. The first-order chi connectivity index (χ1) is 14.6. The third-order valence-electron chi connectivity index (χ3n) is 4.90. The molecule has 31 heavy (non-hydrogen) atoms. The predicted molar refractivity (Wildman–Crippen MR) is 115 cm³/mol. The molecule has 2 aromatic rings. The van der Waals surface area contributed by atoms with Gasteiger partial charge in [0.2, 0.25) is 5.91 Å². The zero-order valence-corrected chi connectivity index (χ0v) is 18.6. The van der Waals surface area contributed by atoms with Gasteiger partial charge in [-0.25, -0.2) is 0 Å². The van der Waals surface area contributed by atoms with Gasteiger partial charge < -0.3 is 19.0 Å². The molecule has 1 aromatic carbocycles. The monoisotopic (exact) mass is 431 g/mol. The highest BCUT2D eigenvalue weighted by atomic mass is 16.6. The van der Waals surface area contributed by atoms with Gasteiger partial charge in [0, 0.05) is 36.9 Å². The topological polar surface area (TPSA) is 106 Å². The molecule has 1 heterocycles. The first-order valence-corrected chi connectivity index (χ1v) is 10.0. The number of ether oxygens (including phenoxy) is 1. The van der Waals surface area contributed by atoms with Gasteiger partial charge in [0.15, 0.2) is 0 Å². The highest BCUT2D eigenvalue weighted by Gasteiger charge is 2.26. The van der Waals surface area contributed by atoms with E-state index in [0.717, 1.165) is 5.76 Å². The summed E-state index contributed by atoms with van der Waals surface area (Å²) in [6.07, 6.45) is 0. The van der Waals surface area contributed by atoms with Crippen LogP contribution < -0.4 is 0 Å². The maximum absolute atomic E-state index is 13.1. The third-order valence-corrected chi connectivity index (χ3v) is 4.90. The van der Waals surface area contributed by atoms with Gasteiger partial charge in [-0.3, -0.25) is 19.7 Å². The maximum Gasteiger partial charge on any atom is 0.273 e. The number of aryl methyl sites for hydroxylation is 2. The molecule has 0 spiro atoms. The van der Waals surface area contributed by atoms with Crippen molar-refractivity contribution >= 4 is 17.5 Å². The van der Waals surface area contributed by atoms with Crippen LogP contribution in [0, 0.1) is 24.0 Å². The molecular weight excluding hydrogens is 402 g/mol. The lowest BCUT2D eigenvalue weighted by atomic mass is 10.1. The van der Waals surface area contributed by atoms with Crippen LogP contribution in [0.1, 0.15) is 41.3 Å². The minimum Gasteiger partial charge on any atom is -0.464 e. The van der Waals surface area contributed by atoms with Crippen LogP contribution in [-0.4, -0.2) is 59.4 Å². The van der Waals surface area contributed by atoms with E-state index in [0.29, 0.717) is 24.5 Å². The molecule has 0 unspecified atom stereocenters. The van der Waals surface area contributed by atoms with Crippen molar-refractivity contribution in [1.82, 2.24) is 9.80 Å². The molecule has 2 rings (SSSR count). The molecule has 0 saturated carbocycles. The van der Waals surface area contributed by atoms with Crippen LogP contribution in [0.2, 0.25) is 0 Å². The quantitative estimate of drug-likeness (QED) is 0.422. The molecule has 0 saturated heterocycles. The fraction of sp³-hybridized carbons (Fsp3) is 0.455. The lowest BCUT2D eigenvalue weighted by Crippen LogP contribution is -2.46. The number of nitro benzene ring substituents is 1. The van der Waals surface area contributed by atoms with Crippen LogP contribution in [0.25, 0.3) is 0 Å². The number of carbonyl (C=O) groups excluding carboxylic acids is 2. The van der Waals surface area contributed by atoms with E-state index in [1.54, 1.807) is 44.9 Å². The molecule has 0 N–H and O–H groups in total. The van der Waals surface area contributed by atoms with Crippen LogP contribution in [0.5, 0.6) is 0 Å². The van der Waals surface area contributed by atoms with E-state index in [-0.39, 0.29) is 36.3 Å². The molecule has 0 aliphatic carbocycles. The molecule has 0 fully saturated rings. The van der Waals surface area contributed by atoms with Crippen molar-refractivity contribution < 1.29 is 23.7 Å². The summed E-state index contributed by atoms with van der Waals surface area (Å²) in [6.45, 7) is 7.79. The van der Waals surface area contributed by atoms with Crippen molar-refractivity contribution in [3.8, 4) is 0 Å². The Hall–Kier alpha value is -3.20. The standard InChI is InChI=1S/C22H29N3O6/c1-15(2)24(22(27)18-8-6-16(3)20(12-18)25(28)29)14-21(26)23(10-11-30-5)13-19-9-7-17(4)31-19/h6-9,12,15H,10-11,13-14H2,1-5H3. The zero-order valence-electron chi connectivity index (χ0n) is 18.6. The molecule has 2 amide bonds. The van der Waals surface area contributed by atoms with Crippen molar-refractivity contribution in [1.29, 1.82) is 0 Å². The van der Waals surface area contributed by atoms with Gasteiger partial charge in [-0.05, 0) is 45.9 Å². The summed E-state index contributed by atoms with van der Waals surface area (Å²) in [5.41, 5.74) is 0.507. The minimum atomic E-state index is -0.519. The summed E-state index contributed by atoms with van der Waals surface area (Å²) >= 11 is 0. The summed E-state index contributed by atoms with van der Waals surface area (Å²) in [6, 6.07) is 7.68. The number of hydrogen-bond acceptors (Lipinski definition) is 6. The van der Waals surface area contributed by atoms with Crippen molar-refractivity contribution in [3.63, 3.8) is 0 Å². The van der Waals surface area contributed by atoms with Gasteiger partial charge in [0.1, 0.15) is 18.1 Å². The van der Waals surface area contributed by atoms with Crippen LogP contribution in [-0.2, 0) is 16.1 Å². The lowest BCUT2D eigenvalue weighted by Gasteiger charge is -2.29. The summed E-state index contributed by atoms with van der Waals surface area (Å²) in [4.78, 5) is 39.9. The Labute approximate surface area is 181 Å². The van der Waals surface area contributed by atoms with E-state index >= 15 is 0 Å². The summed E-state index contributed by atoms with van der Waals surface area (Å²) in [5.74, 6) is 0.675. The number of nitrogens with zero attached hydrogens (tertiary/aromatic N) is 3. The first kappa shape index (κ1) is 24.1. The molecule has 9 heteroatoms. The fourth-order valence-electron chi connectivity index (χ4n) is 3.09. The molecule has 9 nitrogen and oxygen atoms in total. The van der Waals surface area contributed by atoms with Crippen molar-refractivity contribution in [2.24, 2.45) is 0 Å². The molecule has 0 atom stereocenters. The normalized spacial score (nSPS) is 10.9. The van der Waals surface area contributed by atoms with E-state index in [4.69, 9.17) is 9.15 Å². The van der Waals surface area contributed by atoms with Crippen molar-refractivity contribution in [2.45, 2.75) is 40.3 Å². The van der Waals surface area contributed by atoms with Crippen LogP contribution >= 0.6 is 0 Å². The summed E-state index contributed by atoms with van der Waals surface area (Å²) in [5, 5.41) is 11.2. The smallest absolute Gasteiger partial charge is 0.273 e. The molecular formula is C22H29N3O6. The number of furan rings is 1. The van der Waals surface area contributed by atoms with Crippen LogP contribution in [0.3, 0.4) is 0 Å². The van der Waals surface area contributed by atoms with Gasteiger partial charge in [-0.1, -0.05) is 6.07 Å². The molecule has 0 bridgehead atoms. The largest absolute Gasteiger partial charge is 0.464 e. The SMILES string of the molecule is COCCN(Cc1ccc(C)o1)C(=O)CN(C(=O)c1ccc(C)c([N+](=O)[O-])c1)C(C)C. The molecule has 0 aliphatic heterocycles. The maximum atomic E-state index is 13.1. The molecule has 0 radical (unpaired) electrons. The minimum absolute atomic E-state index is 0.129.